The summed E-state index contributed by atoms with van der Waals surface area (Å²) in [5, 5.41) is 3.21. The van der Waals surface area contributed by atoms with Crippen molar-refractivity contribution in [2.75, 3.05) is 19.6 Å². The number of hydrogen-bond donors (Lipinski definition) is 2. The fraction of sp³-hybridized carbons (Fsp3) is 0.314. The number of amides is 1. The summed E-state index contributed by atoms with van der Waals surface area (Å²) in [7, 11) is 0. The highest BCUT2D eigenvalue weighted by Gasteiger charge is 2.21. The SMILES string of the molecule is O=C(NC1CCCCC1)c1ccc(CCN2CC=C(c3c[nH]c(-c4ccc(F)cc4)c3-c3ccncc3)CC2)cc1. The number of nitrogens with one attached hydrogen (secondary N) is 2. The van der Waals surface area contributed by atoms with E-state index in [0.29, 0.717) is 6.04 Å². The van der Waals surface area contributed by atoms with Crippen molar-refractivity contribution in [2.24, 2.45) is 0 Å². The maximum atomic E-state index is 13.6. The molecule has 210 valence electrons. The van der Waals surface area contributed by atoms with Gasteiger partial charge >= 0.3 is 0 Å². The molecule has 3 heterocycles. The van der Waals surface area contributed by atoms with Crippen LogP contribution in [0.25, 0.3) is 28.0 Å². The number of halogens is 1. The molecule has 2 N–H and O–H groups in total. The maximum absolute atomic E-state index is 13.6. The Labute approximate surface area is 241 Å². The van der Waals surface area contributed by atoms with Crippen molar-refractivity contribution in [3.63, 3.8) is 0 Å². The van der Waals surface area contributed by atoms with Gasteiger partial charge in [0.1, 0.15) is 5.82 Å². The zero-order valence-corrected chi connectivity index (χ0v) is 23.4. The lowest BCUT2D eigenvalue weighted by molar-refractivity contribution is 0.0927. The Hall–Kier alpha value is -4.03. The highest BCUT2D eigenvalue weighted by molar-refractivity contribution is 5.94. The Balaban J connectivity index is 1.10. The number of pyridine rings is 1. The van der Waals surface area contributed by atoms with Crippen LogP contribution in [0.1, 0.15) is 60.0 Å². The Bertz CT molecular complexity index is 1490. The summed E-state index contributed by atoms with van der Waals surface area (Å²) < 4.78 is 13.6. The van der Waals surface area contributed by atoms with Crippen molar-refractivity contribution >= 4 is 11.5 Å². The molecule has 0 spiro atoms. The summed E-state index contributed by atoms with van der Waals surface area (Å²) in [5.41, 5.74) is 8.69. The molecule has 41 heavy (non-hydrogen) atoms. The molecule has 0 bridgehead atoms. The van der Waals surface area contributed by atoms with E-state index in [1.54, 1.807) is 0 Å². The second-order valence-electron chi connectivity index (χ2n) is 11.2. The van der Waals surface area contributed by atoms with Crippen LogP contribution in [0.2, 0.25) is 0 Å². The van der Waals surface area contributed by atoms with Crippen molar-refractivity contribution in [2.45, 2.75) is 51.0 Å². The van der Waals surface area contributed by atoms with E-state index in [0.717, 1.165) is 73.3 Å². The zero-order chi connectivity index (χ0) is 28.0. The number of nitrogens with zero attached hydrogens (tertiary/aromatic N) is 2. The minimum atomic E-state index is -0.239. The molecule has 0 saturated heterocycles. The van der Waals surface area contributed by atoms with Crippen LogP contribution in [0.5, 0.6) is 0 Å². The molecule has 2 aliphatic rings. The summed E-state index contributed by atoms with van der Waals surface area (Å²) in [5.74, 6) is -0.187. The number of aromatic nitrogens is 2. The first kappa shape index (κ1) is 27.2. The third kappa shape index (κ3) is 6.49. The Morgan fingerprint density at radius 1 is 0.951 bits per heavy atom. The molecule has 1 aliphatic heterocycles. The van der Waals surface area contributed by atoms with Gasteiger partial charge in [0, 0.05) is 61.0 Å². The molecule has 0 atom stereocenters. The Kier molecular flexibility index (Phi) is 8.38. The van der Waals surface area contributed by atoms with Crippen molar-refractivity contribution in [1.82, 2.24) is 20.2 Å². The predicted octanol–water partition coefficient (Wildman–Crippen LogP) is 7.28. The fourth-order valence-electron chi connectivity index (χ4n) is 6.12. The molecular formula is C35H37FN4O. The topological polar surface area (TPSA) is 61.0 Å². The maximum Gasteiger partial charge on any atom is 0.251 e. The standard InChI is InChI=1S/C35H37FN4O/c36-30-12-10-28(11-13-30)34-33(27-14-19-37-20-15-27)32(24-38-34)26-17-22-40(23-18-26)21-16-25-6-8-29(9-7-25)35(41)39-31-4-2-1-3-5-31/h6-15,17,19-20,24,31,38H,1-5,16,18,21-23H2,(H,39,41). The van der Waals surface area contributed by atoms with E-state index in [2.05, 4.69) is 44.6 Å². The Morgan fingerprint density at radius 2 is 1.71 bits per heavy atom. The van der Waals surface area contributed by atoms with Gasteiger partial charge in [0.05, 0.1) is 5.69 Å². The monoisotopic (exact) mass is 548 g/mol. The van der Waals surface area contributed by atoms with Crippen LogP contribution in [0.4, 0.5) is 4.39 Å². The molecule has 1 saturated carbocycles. The molecule has 5 nitrogen and oxygen atoms in total. The van der Waals surface area contributed by atoms with E-state index in [1.807, 2.05) is 48.8 Å². The van der Waals surface area contributed by atoms with Gasteiger partial charge in [0.15, 0.2) is 0 Å². The molecule has 4 aromatic rings. The van der Waals surface area contributed by atoms with Gasteiger partial charge in [0.2, 0.25) is 0 Å². The number of rotatable bonds is 8. The summed E-state index contributed by atoms with van der Waals surface area (Å²) in [6.45, 7) is 2.85. The van der Waals surface area contributed by atoms with E-state index in [9.17, 15) is 9.18 Å². The van der Waals surface area contributed by atoms with Gasteiger partial charge in [-0.05, 0) is 96.5 Å². The predicted molar refractivity (Wildman–Crippen MR) is 163 cm³/mol. The molecule has 2 aromatic carbocycles. The van der Waals surface area contributed by atoms with E-state index >= 15 is 0 Å². The average Bonchev–Trinajstić information content (AvgIpc) is 3.47. The lowest BCUT2D eigenvalue weighted by Crippen LogP contribution is -2.36. The molecular weight excluding hydrogens is 511 g/mol. The van der Waals surface area contributed by atoms with Crippen LogP contribution in [0.3, 0.4) is 0 Å². The van der Waals surface area contributed by atoms with Crippen molar-refractivity contribution in [3.05, 3.63) is 108 Å². The summed E-state index contributed by atoms with van der Waals surface area (Å²) in [4.78, 5) is 22.8. The molecule has 6 heteroatoms. The van der Waals surface area contributed by atoms with Crippen molar-refractivity contribution in [3.8, 4) is 22.4 Å². The van der Waals surface area contributed by atoms with Crippen LogP contribution < -0.4 is 5.32 Å². The highest BCUT2D eigenvalue weighted by atomic mass is 19.1. The lowest BCUT2D eigenvalue weighted by Gasteiger charge is -2.26. The van der Waals surface area contributed by atoms with E-state index in [4.69, 9.17) is 0 Å². The van der Waals surface area contributed by atoms with Crippen LogP contribution in [-0.4, -0.2) is 46.5 Å². The fourth-order valence-corrected chi connectivity index (χ4v) is 6.12. The second-order valence-corrected chi connectivity index (χ2v) is 11.2. The summed E-state index contributed by atoms with van der Waals surface area (Å²) in [6, 6.07) is 19.2. The van der Waals surface area contributed by atoms with Gasteiger partial charge in [-0.2, -0.15) is 0 Å². The van der Waals surface area contributed by atoms with Crippen LogP contribution in [0.15, 0.2) is 85.3 Å². The molecule has 0 unspecified atom stereocenters. The summed E-state index contributed by atoms with van der Waals surface area (Å²) >= 11 is 0. The number of benzene rings is 2. The average molecular weight is 549 g/mol. The molecule has 0 radical (unpaired) electrons. The van der Waals surface area contributed by atoms with Gasteiger partial charge in [-0.3, -0.25) is 14.7 Å². The largest absolute Gasteiger partial charge is 0.360 e. The van der Waals surface area contributed by atoms with E-state index < -0.39 is 0 Å². The first-order valence-corrected chi connectivity index (χ1v) is 14.8. The first-order valence-electron chi connectivity index (χ1n) is 14.8. The molecule has 1 fully saturated rings. The van der Waals surface area contributed by atoms with Gasteiger partial charge < -0.3 is 10.3 Å². The van der Waals surface area contributed by atoms with Gasteiger partial charge in [0.25, 0.3) is 5.91 Å². The van der Waals surface area contributed by atoms with Gasteiger partial charge in [-0.25, -0.2) is 4.39 Å². The van der Waals surface area contributed by atoms with Crippen molar-refractivity contribution < 1.29 is 9.18 Å². The van der Waals surface area contributed by atoms with Gasteiger partial charge in [-0.15, -0.1) is 0 Å². The number of hydrogen-bond acceptors (Lipinski definition) is 3. The minimum absolute atomic E-state index is 0.0515. The molecule has 2 aromatic heterocycles. The van der Waals surface area contributed by atoms with Gasteiger partial charge in [-0.1, -0.05) is 37.5 Å². The number of H-pyrrole nitrogens is 1. The van der Waals surface area contributed by atoms with Crippen molar-refractivity contribution in [1.29, 1.82) is 0 Å². The second kappa shape index (κ2) is 12.6. The number of carbonyl (C=O) groups is 1. The summed E-state index contributed by atoms with van der Waals surface area (Å²) in [6.07, 6.45) is 15.9. The highest BCUT2D eigenvalue weighted by Crippen LogP contribution is 2.39. The third-order valence-electron chi connectivity index (χ3n) is 8.49. The molecule has 1 amide bonds. The molecule has 1 aliphatic carbocycles. The van der Waals surface area contributed by atoms with Crippen LogP contribution in [-0.2, 0) is 6.42 Å². The van der Waals surface area contributed by atoms with Crippen LogP contribution >= 0.6 is 0 Å². The zero-order valence-electron chi connectivity index (χ0n) is 23.4. The van der Waals surface area contributed by atoms with Crippen LogP contribution in [0, 0.1) is 5.82 Å². The lowest BCUT2D eigenvalue weighted by atomic mass is 9.92. The number of carbonyl (C=O) groups excluding carboxylic acids is 1. The number of aromatic amines is 1. The Morgan fingerprint density at radius 3 is 2.41 bits per heavy atom. The molecule has 6 rings (SSSR count). The van der Waals surface area contributed by atoms with E-state index in [1.165, 1.54) is 48.1 Å². The third-order valence-corrected chi connectivity index (χ3v) is 8.49. The quantitative estimate of drug-likeness (QED) is 0.243. The normalized spacial score (nSPS) is 16.4. The minimum Gasteiger partial charge on any atom is -0.360 e. The smallest absolute Gasteiger partial charge is 0.251 e. The first-order chi connectivity index (χ1) is 20.1. The van der Waals surface area contributed by atoms with E-state index in [-0.39, 0.29) is 11.7 Å².